The molecular formula is C24H37F3N4O4. The molecule has 3 amide bonds. The molecule has 3 atom stereocenters. The van der Waals surface area contributed by atoms with E-state index >= 15 is 0 Å². The van der Waals surface area contributed by atoms with Gasteiger partial charge in [-0.1, -0.05) is 6.92 Å². The van der Waals surface area contributed by atoms with E-state index in [1.54, 1.807) is 37.1 Å². The fourth-order valence-corrected chi connectivity index (χ4v) is 3.94. The third-order valence-corrected chi connectivity index (χ3v) is 5.94. The second kappa shape index (κ2) is 12.4. The molecule has 0 spiro atoms. The van der Waals surface area contributed by atoms with Crippen molar-refractivity contribution in [2.75, 3.05) is 45.7 Å². The molecule has 35 heavy (non-hydrogen) atoms. The number of carbonyl (C=O) groups is 2. The van der Waals surface area contributed by atoms with Gasteiger partial charge in [0.05, 0.1) is 18.1 Å². The Morgan fingerprint density at radius 1 is 1.26 bits per heavy atom. The lowest BCUT2D eigenvalue weighted by atomic mass is 10.0. The van der Waals surface area contributed by atoms with Crippen LogP contribution in [0.2, 0.25) is 0 Å². The standard InChI is InChI=1S/C24H37F3N4O4/c1-15(2)28-23(33)29-18-7-8-19-20(11-18)35-14-17(4)31(10-9-24(25,26)27)12-16(3)21(34-6)13-30(5)22(19)32/h7-8,11,15-17,21H,9-10,12-14H2,1-6H3,(H2,28,29,33)/t16-,17+,21-/m1/s1. The maximum absolute atomic E-state index is 13.2. The predicted octanol–water partition coefficient (Wildman–Crippen LogP) is 3.97. The molecule has 0 bridgehead atoms. The van der Waals surface area contributed by atoms with E-state index in [4.69, 9.17) is 9.47 Å². The third kappa shape index (κ3) is 8.88. The molecule has 11 heteroatoms. The van der Waals surface area contributed by atoms with Crippen molar-refractivity contribution in [3.05, 3.63) is 23.8 Å². The molecule has 1 aliphatic heterocycles. The Morgan fingerprint density at radius 2 is 1.94 bits per heavy atom. The zero-order valence-corrected chi connectivity index (χ0v) is 21.2. The Labute approximate surface area is 205 Å². The summed E-state index contributed by atoms with van der Waals surface area (Å²) in [6.45, 7) is 7.86. The Morgan fingerprint density at radius 3 is 2.54 bits per heavy atom. The normalized spacial score (nSPS) is 22.6. The first kappa shape index (κ1) is 28.7. The predicted molar refractivity (Wildman–Crippen MR) is 128 cm³/mol. The molecule has 1 aromatic carbocycles. The van der Waals surface area contributed by atoms with E-state index in [0.29, 0.717) is 17.8 Å². The summed E-state index contributed by atoms with van der Waals surface area (Å²) in [6.07, 6.45) is -5.57. The number of fused-ring (bicyclic) bond motifs is 1. The van der Waals surface area contributed by atoms with Gasteiger partial charge >= 0.3 is 12.2 Å². The van der Waals surface area contributed by atoms with Crippen LogP contribution in [0.3, 0.4) is 0 Å². The first-order valence-electron chi connectivity index (χ1n) is 11.7. The largest absolute Gasteiger partial charge is 0.491 e. The summed E-state index contributed by atoms with van der Waals surface area (Å²) in [5, 5.41) is 5.42. The average molecular weight is 503 g/mol. The lowest BCUT2D eigenvalue weighted by Crippen LogP contribution is -2.47. The van der Waals surface area contributed by atoms with Gasteiger partial charge in [0.15, 0.2) is 0 Å². The van der Waals surface area contributed by atoms with Gasteiger partial charge in [-0.3, -0.25) is 9.69 Å². The minimum atomic E-state index is -4.27. The summed E-state index contributed by atoms with van der Waals surface area (Å²) < 4.78 is 50.5. The number of nitrogens with zero attached hydrogens (tertiary/aromatic N) is 2. The second-order valence-electron chi connectivity index (χ2n) is 9.42. The van der Waals surface area contributed by atoms with Crippen LogP contribution < -0.4 is 15.4 Å². The van der Waals surface area contributed by atoms with E-state index in [9.17, 15) is 22.8 Å². The highest BCUT2D eigenvalue weighted by Gasteiger charge is 2.32. The number of likely N-dealkylation sites (N-methyl/N-ethyl adjacent to an activating group) is 1. The van der Waals surface area contributed by atoms with Crippen molar-refractivity contribution in [2.24, 2.45) is 5.92 Å². The molecule has 0 aromatic heterocycles. The van der Waals surface area contributed by atoms with Gasteiger partial charge < -0.3 is 25.0 Å². The number of amides is 3. The van der Waals surface area contributed by atoms with E-state index in [-0.39, 0.29) is 55.5 Å². The number of hydrogen-bond acceptors (Lipinski definition) is 5. The van der Waals surface area contributed by atoms with Crippen LogP contribution >= 0.6 is 0 Å². The van der Waals surface area contributed by atoms with Gasteiger partial charge in [0, 0.05) is 57.6 Å². The van der Waals surface area contributed by atoms with Crippen LogP contribution in [0.4, 0.5) is 23.7 Å². The van der Waals surface area contributed by atoms with Crippen molar-refractivity contribution in [1.82, 2.24) is 15.1 Å². The van der Waals surface area contributed by atoms with E-state index in [1.165, 1.54) is 12.0 Å². The number of rotatable bonds is 5. The summed E-state index contributed by atoms with van der Waals surface area (Å²) in [6, 6.07) is 3.90. The van der Waals surface area contributed by atoms with Gasteiger partial charge in [-0.15, -0.1) is 0 Å². The first-order chi connectivity index (χ1) is 16.3. The van der Waals surface area contributed by atoms with Gasteiger partial charge in [0.1, 0.15) is 12.4 Å². The summed E-state index contributed by atoms with van der Waals surface area (Å²) >= 11 is 0. The molecule has 0 saturated heterocycles. The number of nitrogens with one attached hydrogen (secondary N) is 2. The molecule has 8 nitrogen and oxygen atoms in total. The van der Waals surface area contributed by atoms with Gasteiger partial charge in [-0.2, -0.15) is 13.2 Å². The minimum absolute atomic E-state index is 0.0634. The molecule has 1 aliphatic rings. The highest BCUT2D eigenvalue weighted by atomic mass is 19.4. The smallest absolute Gasteiger partial charge is 0.390 e. The summed E-state index contributed by atoms with van der Waals surface area (Å²) in [4.78, 5) is 28.6. The van der Waals surface area contributed by atoms with Crippen molar-refractivity contribution in [2.45, 2.75) is 58.5 Å². The molecule has 0 radical (unpaired) electrons. The van der Waals surface area contributed by atoms with Crippen molar-refractivity contribution in [3.8, 4) is 5.75 Å². The molecule has 2 rings (SSSR count). The molecular weight excluding hydrogens is 465 g/mol. The highest BCUT2D eigenvalue weighted by Crippen LogP contribution is 2.27. The number of ether oxygens (including phenoxy) is 2. The molecule has 0 saturated carbocycles. The zero-order chi connectivity index (χ0) is 26.3. The van der Waals surface area contributed by atoms with Gasteiger partial charge in [-0.25, -0.2) is 4.79 Å². The van der Waals surface area contributed by atoms with Crippen molar-refractivity contribution in [1.29, 1.82) is 0 Å². The van der Waals surface area contributed by atoms with Crippen molar-refractivity contribution < 1.29 is 32.2 Å². The number of alkyl halides is 3. The van der Waals surface area contributed by atoms with E-state index in [2.05, 4.69) is 10.6 Å². The van der Waals surface area contributed by atoms with E-state index in [1.807, 2.05) is 20.8 Å². The van der Waals surface area contributed by atoms with Crippen LogP contribution in [0.15, 0.2) is 18.2 Å². The Bertz CT molecular complexity index is 866. The number of urea groups is 1. The van der Waals surface area contributed by atoms with Gasteiger partial charge in [0.25, 0.3) is 5.91 Å². The van der Waals surface area contributed by atoms with Crippen LogP contribution in [-0.2, 0) is 4.74 Å². The number of hydrogen-bond donors (Lipinski definition) is 2. The Kier molecular flexibility index (Phi) is 10.2. The lowest BCUT2D eigenvalue weighted by Gasteiger charge is -2.36. The SMILES string of the molecule is CO[C@@H]1CN(C)C(=O)c2ccc(NC(=O)NC(C)C)cc2OC[C@H](C)N(CCC(F)(F)F)C[C@H]1C. The van der Waals surface area contributed by atoms with E-state index in [0.717, 1.165) is 0 Å². The average Bonchev–Trinajstić information content (AvgIpc) is 2.76. The molecule has 1 heterocycles. The summed E-state index contributed by atoms with van der Waals surface area (Å²) in [7, 11) is 3.18. The summed E-state index contributed by atoms with van der Waals surface area (Å²) in [5.74, 6) is -0.167. The third-order valence-electron chi connectivity index (χ3n) is 5.94. The maximum Gasteiger partial charge on any atom is 0.390 e. The maximum atomic E-state index is 13.2. The first-order valence-corrected chi connectivity index (χ1v) is 11.7. The van der Waals surface area contributed by atoms with Gasteiger partial charge in [0.2, 0.25) is 0 Å². The fraction of sp³-hybridized carbons (Fsp3) is 0.667. The molecule has 2 N–H and O–H groups in total. The monoisotopic (exact) mass is 502 g/mol. The molecule has 198 valence electrons. The molecule has 0 aliphatic carbocycles. The van der Waals surface area contributed by atoms with Crippen LogP contribution in [0.25, 0.3) is 0 Å². The minimum Gasteiger partial charge on any atom is -0.491 e. The highest BCUT2D eigenvalue weighted by molar-refractivity contribution is 5.98. The van der Waals surface area contributed by atoms with Crippen LogP contribution in [-0.4, -0.2) is 86.5 Å². The van der Waals surface area contributed by atoms with Crippen LogP contribution in [0.5, 0.6) is 5.75 Å². The lowest BCUT2D eigenvalue weighted by molar-refractivity contribution is -0.140. The topological polar surface area (TPSA) is 83.1 Å². The fourth-order valence-electron chi connectivity index (χ4n) is 3.94. The number of methoxy groups -OCH3 is 1. The molecule has 0 unspecified atom stereocenters. The molecule has 1 aromatic rings. The number of carbonyl (C=O) groups excluding carboxylic acids is 2. The Balaban J connectivity index is 2.37. The summed E-state index contributed by atoms with van der Waals surface area (Å²) in [5.41, 5.74) is 0.717. The zero-order valence-electron chi connectivity index (χ0n) is 21.2. The number of anilines is 1. The Hall–Kier alpha value is -2.53. The van der Waals surface area contributed by atoms with Crippen molar-refractivity contribution in [3.63, 3.8) is 0 Å². The quantitative estimate of drug-likeness (QED) is 0.637. The van der Waals surface area contributed by atoms with Crippen molar-refractivity contribution >= 4 is 17.6 Å². The number of benzene rings is 1. The number of halogens is 3. The van der Waals surface area contributed by atoms with Crippen LogP contribution in [0, 0.1) is 5.92 Å². The van der Waals surface area contributed by atoms with E-state index < -0.39 is 18.6 Å². The second-order valence-corrected chi connectivity index (χ2v) is 9.42. The van der Waals surface area contributed by atoms with Crippen LogP contribution in [0.1, 0.15) is 44.5 Å². The molecule has 0 fully saturated rings. The van der Waals surface area contributed by atoms with Gasteiger partial charge in [-0.05, 0) is 38.8 Å².